The molecular weight excluding hydrogens is 448 g/mol. The van der Waals surface area contributed by atoms with E-state index >= 15 is 0 Å². The average molecular weight is 479 g/mol. The normalized spacial score (nSPS) is 17.6. The topological polar surface area (TPSA) is 73.4 Å². The number of nitrogens with one attached hydrogen (secondary N) is 1. The number of aromatic amines is 1. The molecule has 0 radical (unpaired) electrons. The van der Waals surface area contributed by atoms with Crippen LogP contribution in [0.1, 0.15) is 67.8 Å². The van der Waals surface area contributed by atoms with Gasteiger partial charge in [-0.25, -0.2) is 0 Å². The molecule has 1 aliphatic heterocycles. The lowest BCUT2D eigenvalue weighted by molar-refractivity contribution is -0.132. The molecule has 2 heterocycles. The predicted octanol–water partition coefficient (Wildman–Crippen LogP) is 7.04. The van der Waals surface area contributed by atoms with E-state index in [1.807, 2.05) is 72.8 Å². The molecule has 1 aromatic heterocycles. The van der Waals surface area contributed by atoms with Crippen LogP contribution in [-0.4, -0.2) is 21.8 Å². The molecule has 36 heavy (non-hydrogen) atoms. The summed E-state index contributed by atoms with van der Waals surface area (Å²) < 4.78 is 0. The Kier molecular flexibility index (Phi) is 6.00. The molecule has 3 aromatic carbocycles. The molecule has 1 fully saturated rings. The van der Waals surface area contributed by atoms with Gasteiger partial charge in [-0.1, -0.05) is 82.3 Å². The van der Waals surface area contributed by atoms with Crippen LogP contribution in [-0.2, 0) is 9.59 Å². The van der Waals surface area contributed by atoms with Gasteiger partial charge in [0.25, 0.3) is 11.7 Å². The molecule has 0 saturated carbocycles. The summed E-state index contributed by atoms with van der Waals surface area (Å²) in [5, 5.41) is 12.3. The van der Waals surface area contributed by atoms with Crippen LogP contribution < -0.4 is 4.90 Å². The smallest absolute Gasteiger partial charge is 0.300 e. The molecule has 1 unspecified atom stereocenters. The molecule has 1 aliphatic rings. The summed E-state index contributed by atoms with van der Waals surface area (Å²) >= 11 is 0. The quantitative estimate of drug-likeness (QED) is 0.183. The van der Waals surface area contributed by atoms with E-state index in [0.717, 1.165) is 27.6 Å². The summed E-state index contributed by atoms with van der Waals surface area (Å²) in [5.41, 5.74) is 5.14. The van der Waals surface area contributed by atoms with E-state index in [2.05, 4.69) is 32.7 Å². The first-order valence-corrected chi connectivity index (χ1v) is 12.3. The lowest BCUT2D eigenvalue weighted by Gasteiger charge is -2.26. The number of para-hydroxylation sites is 1. The van der Waals surface area contributed by atoms with Crippen molar-refractivity contribution in [1.29, 1.82) is 0 Å². The van der Waals surface area contributed by atoms with Crippen molar-refractivity contribution in [3.63, 3.8) is 0 Å². The van der Waals surface area contributed by atoms with Crippen molar-refractivity contribution in [2.45, 2.75) is 45.6 Å². The van der Waals surface area contributed by atoms with E-state index in [-0.39, 0.29) is 11.3 Å². The standard InChI is InChI=1S/C31H30N2O3/c1-18(2)20-9-11-22(12-10-20)28-27(29(34)25-17-32-26-8-6-5-7-24(25)26)30(35)31(36)33(28)23-15-13-21(14-16-23)19(3)4/h5-19,28,32,34H,1-4H3/b29-27-. The van der Waals surface area contributed by atoms with Crippen molar-refractivity contribution in [2.75, 3.05) is 4.90 Å². The number of anilines is 1. The number of fused-ring (bicyclic) bond motifs is 1. The zero-order chi connectivity index (χ0) is 25.6. The van der Waals surface area contributed by atoms with Crippen molar-refractivity contribution in [3.8, 4) is 0 Å². The summed E-state index contributed by atoms with van der Waals surface area (Å²) in [7, 11) is 0. The van der Waals surface area contributed by atoms with Crippen LogP contribution in [0.25, 0.3) is 16.7 Å². The third-order valence-corrected chi connectivity index (χ3v) is 7.05. The lowest BCUT2D eigenvalue weighted by atomic mass is 9.93. The zero-order valence-corrected chi connectivity index (χ0v) is 20.9. The minimum Gasteiger partial charge on any atom is -0.507 e. The Labute approximate surface area is 211 Å². The fourth-order valence-electron chi connectivity index (χ4n) is 4.91. The van der Waals surface area contributed by atoms with Crippen LogP contribution in [0.4, 0.5) is 5.69 Å². The second-order valence-corrected chi connectivity index (χ2v) is 9.98. The van der Waals surface area contributed by atoms with Crippen molar-refractivity contribution in [3.05, 3.63) is 107 Å². The van der Waals surface area contributed by atoms with Gasteiger partial charge in [0, 0.05) is 28.4 Å². The number of hydrogen-bond donors (Lipinski definition) is 2. The van der Waals surface area contributed by atoms with Crippen LogP contribution in [0.2, 0.25) is 0 Å². The van der Waals surface area contributed by atoms with E-state index in [0.29, 0.717) is 23.1 Å². The summed E-state index contributed by atoms with van der Waals surface area (Å²) in [4.78, 5) is 31.6. The Morgan fingerprint density at radius 2 is 1.42 bits per heavy atom. The van der Waals surface area contributed by atoms with Gasteiger partial charge >= 0.3 is 0 Å². The highest BCUT2D eigenvalue weighted by molar-refractivity contribution is 6.51. The molecule has 1 saturated heterocycles. The molecule has 4 aromatic rings. The third-order valence-electron chi connectivity index (χ3n) is 7.05. The summed E-state index contributed by atoms with van der Waals surface area (Å²) in [6.45, 7) is 8.46. The van der Waals surface area contributed by atoms with Crippen molar-refractivity contribution >= 4 is 34.0 Å². The number of H-pyrrole nitrogens is 1. The number of nitrogens with zero attached hydrogens (tertiary/aromatic N) is 1. The predicted molar refractivity (Wildman–Crippen MR) is 144 cm³/mol. The SMILES string of the molecule is CC(C)c1ccc(C2/C(=C(/O)c3c[nH]c4ccccc34)C(=O)C(=O)N2c2ccc(C(C)C)cc2)cc1. The summed E-state index contributed by atoms with van der Waals surface area (Å²) in [6.07, 6.45) is 1.68. The Morgan fingerprint density at radius 3 is 2.03 bits per heavy atom. The van der Waals surface area contributed by atoms with Crippen LogP contribution in [0, 0.1) is 0 Å². The Balaban J connectivity index is 1.71. The van der Waals surface area contributed by atoms with Crippen LogP contribution in [0.15, 0.2) is 84.6 Å². The number of amides is 1. The molecule has 0 spiro atoms. The largest absolute Gasteiger partial charge is 0.507 e. The fourth-order valence-corrected chi connectivity index (χ4v) is 4.91. The van der Waals surface area contributed by atoms with E-state index in [4.69, 9.17) is 0 Å². The number of aromatic nitrogens is 1. The number of benzene rings is 3. The van der Waals surface area contributed by atoms with Gasteiger partial charge in [0.15, 0.2) is 0 Å². The highest BCUT2D eigenvalue weighted by atomic mass is 16.3. The molecule has 1 atom stereocenters. The van der Waals surface area contributed by atoms with Gasteiger partial charge in [-0.15, -0.1) is 0 Å². The highest BCUT2D eigenvalue weighted by Crippen LogP contribution is 2.43. The fraction of sp³-hybridized carbons (Fsp3) is 0.226. The average Bonchev–Trinajstić information content (AvgIpc) is 3.43. The van der Waals surface area contributed by atoms with Gasteiger partial charge in [0.1, 0.15) is 5.76 Å². The van der Waals surface area contributed by atoms with Crippen LogP contribution >= 0.6 is 0 Å². The number of carbonyl (C=O) groups excluding carboxylic acids is 2. The second kappa shape index (κ2) is 9.15. The van der Waals surface area contributed by atoms with Crippen molar-refractivity contribution in [1.82, 2.24) is 4.98 Å². The zero-order valence-electron chi connectivity index (χ0n) is 20.9. The molecule has 0 aliphatic carbocycles. The number of Topliss-reactive ketones (excluding diaryl/α,β-unsaturated/α-hetero) is 1. The summed E-state index contributed by atoms with van der Waals surface area (Å²) in [5.74, 6) is -0.823. The minimum atomic E-state index is -0.746. The minimum absolute atomic E-state index is 0.0926. The number of carbonyl (C=O) groups is 2. The maximum atomic E-state index is 13.5. The molecule has 2 N–H and O–H groups in total. The molecule has 0 bridgehead atoms. The monoisotopic (exact) mass is 478 g/mol. The van der Waals surface area contributed by atoms with E-state index in [1.165, 1.54) is 4.90 Å². The maximum absolute atomic E-state index is 13.5. The van der Waals surface area contributed by atoms with Gasteiger partial charge in [-0.05, 0) is 46.7 Å². The van der Waals surface area contributed by atoms with Gasteiger partial charge < -0.3 is 10.1 Å². The Morgan fingerprint density at radius 1 is 0.833 bits per heavy atom. The van der Waals surface area contributed by atoms with Crippen molar-refractivity contribution < 1.29 is 14.7 Å². The van der Waals surface area contributed by atoms with Crippen LogP contribution in [0.3, 0.4) is 0 Å². The van der Waals surface area contributed by atoms with Gasteiger partial charge in [-0.2, -0.15) is 0 Å². The lowest BCUT2D eigenvalue weighted by Crippen LogP contribution is -2.29. The Hall–Kier alpha value is -4.12. The first-order valence-electron chi connectivity index (χ1n) is 12.3. The highest BCUT2D eigenvalue weighted by Gasteiger charge is 2.47. The molecule has 5 rings (SSSR count). The van der Waals surface area contributed by atoms with Crippen molar-refractivity contribution in [2.24, 2.45) is 0 Å². The molecule has 1 amide bonds. The van der Waals surface area contributed by atoms with Crippen LogP contribution in [0.5, 0.6) is 0 Å². The second-order valence-electron chi connectivity index (χ2n) is 9.98. The Bertz CT molecular complexity index is 1470. The first-order chi connectivity index (χ1) is 17.3. The maximum Gasteiger partial charge on any atom is 0.300 e. The van der Waals surface area contributed by atoms with E-state index in [1.54, 1.807) is 6.20 Å². The van der Waals surface area contributed by atoms with Gasteiger partial charge in [-0.3, -0.25) is 14.5 Å². The third kappa shape index (κ3) is 3.91. The van der Waals surface area contributed by atoms with E-state index in [9.17, 15) is 14.7 Å². The molecular formula is C31H30N2O3. The molecule has 182 valence electrons. The summed E-state index contributed by atoms with van der Waals surface area (Å²) in [6, 6.07) is 22.5. The van der Waals surface area contributed by atoms with E-state index < -0.39 is 17.7 Å². The number of hydrogen-bond acceptors (Lipinski definition) is 3. The number of aliphatic hydroxyl groups is 1. The number of rotatable bonds is 5. The number of ketones is 1. The molecule has 5 nitrogen and oxygen atoms in total. The van der Waals surface area contributed by atoms with Gasteiger partial charge in [0.05, 0.1) is 11.6 Å². The molecule has 5 heteroatoms. The van der Waals surface area contributed by atoms with Gasteiger partial charge in [0.2, 0.25) is 0 Å². The first kappa shape index (κ1) is 23.6. The number of aliphatic hydroxyl groups excluding tert-OH is 1.